The van der Waals surface area contributed by atoms with Gasteiger partial charge in [-0.05, 0) is 48.0 Å². The van der Waals surface area contributed by atoms with Gasteiger partial charge < -0.3 is 14.3 Å². The maximum atomic E-state index is 13.6. The Hall–Kier alpha value is -2.97. The molecule has 0 saturated heterocycles. The molecule has 0 radical (unpaired) electrons. The normalized spacial score (nSPS) is 13.8. The van der Waals surface area contributed by atoms with Crippen LogP contribution in [0.4, 0.5) is 0 Å². The number of halogens is 1. The lowest BCUT2D eigenvalue weighted by molar-refractivity contribution is 0.414. The average molecular weight is 512 g/mol. The minimum Gasteiger partial charge on any atom is -0.505 e. The molecule has 2 aromatic heterocycles. The molecule has 162 valence electrons. The molecule has 5 rings (SSSR count). The predicted molar refractivity (Wildman–Crippen MR) is 127 cm³/mol. The third-order valence-electron chi connectivity index (χ3n) is 5.80. The van der Waals surface area contributed by atoms with E-state index in [-0.39, 0.29) is 21.6 Å². The van der Waals surface area contributed by atoms with Crippen molar-refractivity contribution in [3.8, 4) is 17.2 Å². The van der Waals surface area contributed by atoms with Crippen molar-refractivity contribution >= 4 is 38.7 Å². The lowest BCUT2D eigenvalue weighted by atomic mass is 9.83. The van der Waals surface area contributed by atoms with Gasteiger partial charge >= 0.3 is 5.63 Å². The first-order valence-corrected chi connectivity index (χ1v) is 11.4. The highest BCUT2D eigenvalue weighted by Gasteiger charge is 2.38. The fourth-order valence-electron chi connectivity index (χ4n) is 4.13. The molecule has 1 aliphatic rings. The van der Waals surface area contributed by atoms with Gasteiger partial charge in [0.1, 0.15) is 21.6 Å². The molecule has 32 heavy (non-hydrogen) atoms. The molecule has 1 N–H and O–H groups in total. The number of ether oxygens (including phenoxy) is 1. The third-order valence-corrected chi connectivity index (χ3v) is 7.37. The van der Waals surface area contributed by atoms with Crippen LogP contribution >= 0.6 is 27.7 Å². The van der Waals surface area contributed by atoms with Crippen molar-refractivity contribution in [3.63, 3.8) is 0 Å². The topological polar surface area (TPSA) is 81.7 Å². The summed E-state index contributed by atoms with van der Waals surface area (Å²) in [6.07, 6.45) is 0. The van der Waals surface area contributed by atoms with Crippen LogP contribution in [-0.2, 0) is 5.41 Å². The van der Waals surface area contributed by atoms with E-state index < -0.39 is 16.6 Å². The zero-order valence-electron chi connectivity index (χ0n) is 17.4. The van der Waals surface area contributed by atoms with Gasteiger partial charge in [-0.1, -0.05) is 41.5 Å². The molecule has 0 atom stereocenters. The lowest BCUT2D eigenvalue weighted by Gasteiger charge is -2.20. The highest BCUT2D eigenvalue weighted by Crippen LogP contribution is 2.44. The summed E-state index contributed by atoms with van der Waals surface area (Å²) in [5.41, 5.74) is 0.866. The number of nitrogens with zero attached hydrogens (tertiary/aromatic N) is 1. The molecule has 0 saturated carbocycles. The standard InChI is InChI=1S/C24H18BrNO5S/c1-24(2)15-10-12(25)4-9-16(15)26-18(24)11-17-19(22(26)28)20(27)21(23(29)31-17)32-14-7-5-13(30-3)6-8-14/h4-11,27H,1-3H3. The van der Waals surface area contributed by atoms with Gasteiger partial charge in [-0.2, -0.15) is 0 Å². The number of methoxy groups -OCH3 is 1. The number of rotatable bonds is 3. The minimum absolute atomic E-state index is 0.0177. The molecule has 0 aliphatic carbocycles. The first-order valence-electron chi connectivity index (χ1n) is 9.81. The van der Waals surface area contributed by atoms with Crippen molar-refractivity contribution in [1.29, 1.82) is 0 Å². The van der Waals surface area contributed by atoms with Crippen LogP contribution in [0, 0.1) is 0 Å². The van der Waals surface area contributed by atoms with Crippen molar-refractivity contribution in [2.45, 2.75) is 29.1 Å². The number of pyridine rings is 1. The van der Waals surface area contributed by atoms with Crippen molar-refractivity contribution in [1.82, 2.24) is 4.57 Å². The molecule has 0 spiro atoms. The zero-order chi connectivity index (χ0) is 22.8. The maximum absolute atomic E-state index is 13.6. The second-order valence-corrected chi connectivity index (χ2v) is 10.0. The Labute approximate surface area is 195 Å². The fraction of sp³-hybridized carbons (Fsp3) is 0.167. The van der Waals surface area contributed by atoms with Crippen molar-refractivity contribution in [3.05, 3.63) is 85.0 Å². The summed E-state index contributed by atoms with van der Waals surface area (Å²) in [4.78, 5) is 27.0. The van der Waals surface area contributed by atoms with Crippen LogP contribution in [0.3, 0.4) is 0 Å². The molecule has 0 bridgehead atoms. The summed E-state index contributed by atoms with van der Waals surface area (Å²) >= 11 is 4.54. The van der Waals surface area contributed by atoms with Crippen LogP contribution in [0.2, 0.25) is 0 Å². The Morgan fingerprint density at radius 2 is 1.81 bits per heavy atom. The molecule has 0 amide bonds. The van der Waals surface area contributed by atoms with Gasteiger partial charge in [0.25, 0.3) is 5.56 Å². The van der Waals surface area contributed by atoms with E-state index >= 15 is 0 Å². The Bertz CT molecular complexity index is 1520. The second-order valence-electron chi connectivity index (χ2n) is 8.04. The summed E-state index contributed by atoms with van der Waals surface area (Å²) in [5.74, 6) is 0.298. The molecule has 4 aromatic rings. The van der Waals surface area contributed by atoms with E-state index in [1.807, 2.05) is 32.0 Å². The summed E-state index contributed by atoms with van der Waals surface area (Å²) in [6, 6.07) is 14.4. The largest absolute Gasteiger partial charge is 0.505 e. The minimum atomic E-state index is -0.698. The molecular weight excluding hydrogens is 494 g/mol. The Kier molecular flexibility index (Phi) is 4.76. The molecule has 8 heteroatoms. The Morgan fingerprint density at radius 3 is 2.50 bits per heavy atom. The smallest absolute Gasteiger partial charge is 0.354 e. The van der Waals surface area contributed by atoms with E-state index in [1.165, 1.54) is 0 Å². The zero-order valence-corrected chi connectivity index (χ0v) is 19.8. The van der Waals surface area contributed by atoms with Crippen LogP contribution in [0.5, 0.6) is 11.5 Å². The fourth-order valence-corrected chi connectivity index (χ4v) is 5.33. The van der Waals surface area contributed by atoms with Gasteiger partial charge in [0.15, 0.2) is 5.75 Å². The number of benzene rings is 2. The van der Waals surface area contributed by atoms with E-state index in [0.29, 0.717) is 16.3 Å². The van der Waals surface area contributed by atoms with Crippen molar-refractivity contribution < 1.29 is 14.3 Å². The van der Waals surface area contributed by atoms with Crippen molar-refractivity contribution in [2.24, 2.45) is 0 Å². The van der Waals surface area contributed by atoms with Gasteiger partial charge in [0.2, 0.25) is 0 Å². The Balaban J connectivity index is 1.74. The third kappa shape index (κ3) is 3.01. The number of hydrogen-bond donors (Lipinski definition) is 1. The van der Waals surface area contributed by atoms with Gasteiger partial charge in [-0.15, -0.1) is 0 Å². The van der Waals surface area contributed by atoms with E-state index in [4.69, 9.17) is 9.15 Å². The van der Waals surface area contributed by atoms with E-state index in [2.05, 4.69) is 15.9 Å². The van der Waals surface area contributed by atoms with Gasteiger partial charge in [-0.3, -0.25) is 9.36 Å². The molecule has 6 nitrogen and oxygen atoms in total. The van der Waals surface area contributed by atoms with Crippen LogP contribution in [0.15, 0.2) is 76.8 Å². The Morgan fingerprint density at radius 1 is 1.09 bits per heavy atom. The van der Waals surface area contributed by atoms with Gasteiger partial charge in [0, 0.05) is 26.5 Å². The molecular formula is C24H18BrNO5S. The molecule has 2 aromatic carbocycles. The van der Waals surface area contributed by atoms with Crippen LogP contribution in [0.1, 0.15) is 25.1 Å². The number of fused-ring (bicyclic) bond motifs is 4. The highest BCUT2D eigenvalue weighted by atomic mass is 79.9. The summed E-state index contributed by atoms with van der Waals surface area (Å²) in [5, 5.41) is 11.0. The predicted octanol–water partition coefficient (Wildman–Crippen LogP) is 5.21. The SMILES string of the molecule is COc1ccc(Sc2c(O)c3c(=O)n4c(cc3oc2=O)C(C)(C)c2cc(Br)ccc2-4)cc1. The number of hydrogen-bond acceptors (Lipinski definition) is 6. The van der Waals surface area contributed by atoms with E-state index in [9.17, 15) is 14.7 Å². The first-order chi connectivity index (χ1) is 15.2. The summed E-state index contributed by atoms with van der Waals surface area (Å²) in [7, 11) is 1.57. The van der Waals surface area contributed by atoms with Crippen LogP contribution < -0.4 is 15.9 Å². The highest BCUT2D eigenvalue weighted by molar-refractivity contribution is 9.10. The summed E-state index contributed by atoms with van der Waals surface area (Å²) < 4.78 is 13.2. The van der Waals surface area contributed by atoms with Gasteiger partial charge in [-0.25, -0.2) is 4.79 Å². The maximum Gasteiger partial charge on any atom is 0.354 e. The van der Waals surface area contributed by atoms with Crippen LogP contribution in [-0.4, -0.2) is 16.8 Å². The molecule has 0 unspecified atom stereocenters. The van der Waals surface area contributed by atoms with E-state index in [0.717, 1.165) is 27.5 Å². The molecule has 1 aliphatic heterocycles. The monoisotopic (exact) mass is 511 g/mol. The van der Waals surface area contributed by atoms with Crippen LogP contribution in [0.25, 0.3) is 16.7 Å². The first kappa shape index (κ1) is 20.9. The van der Waals surface area contributed by atoms with Crippen molar-refractivity contribution in [2.75, 3.05) is 7.11 Å². The summed E-state index contributed by atoms with van der Waals surface area (Å²) in [6.45, 7) is 4.02. The number of aromatic nitrogens is 1. The molecule has 0 fully saturated rings. The number of aromatic hydroxyl groups is 1. The quantitative estimate of drug-likeness (QED) is 0.406. The lowest BCUT2D eigenvalue weighted by Crippen LogP contribution is -2.24. The van der Waals surface area contributed by atoms with E-state index in [1.54, 1.807) is 42.0 Å². The average Bonchev–Trinajstić information content (AvgIpc) is 2.98. The molecule has 3 heterocycles. The van der Waals surface area contributed by atoms with Gasteiger partial charge in [0.05, 0.1) is 12.8 Å². The second kappa shape index (κ2) is 7.28.